The van der Waals surface area contributed by atoms with Crippen molar-refractivity contribution in [3.8, 4) is 0 Å². The largest absolute Gasteiger partial charge is 0.403 e. The van der Waals surface area contributed by atoms with Gasteiger partial charge >= 0.3 is 0 Å². The summed E-state index contributed by atoms with van der Waals surface area (Å²) in [5.74, 6) is -0.963. The second-order valence-electron chi connectivity index (χ2n) is 11.3. The molecule has 0 aliphatic heterocycles. The van der Waals surface area contributed by atoms with Crippen LogP contribution in [0.25, 0.3) is 0 Å². The van der Waals surface area contributed by atoms with Gasteiger partial charge in [0.2, 0.25) is 11.8 Å². The number of rotatable bonds is 24. The van der Waals surface area contributed by atoms with E-state index >= 15 is 0 Å². The summed E-state index contributed by atoms with van der Waals surface area (Å²) in [6.45, 7) is 13.1. The lowest BCUT2D eigenvalue weighted by atomic mass is 10.0. The molecule has 3 atom stereocenters. The summed E-state index contributed by atoms with van der Waals surface area (Å²) >= 11 is 0. The van der Waals surface area contributed by atoms with Crippen molar-refractivity contribution < 1.29 is 14.4 Å². The molecule has 0 bridgehead atoms. The van der Waals surface area contributed by atoms with E-state index in [-0.39, 0.29) is 24.0 Å². The third kappa shape index (κ3) is 18.4. The number of hydrogen-bond acceptors (Lipinski definition) is 6. The Morgan fingerprint density at radius 1 is 0.769 bits per heavy atom. The highest BCUT2D eigenvalue weighted by molar-refractivity contribution is 5.93. The first-order valence-corrected chi connectivity index (χ1v) is 15.2. The molecule has 0 heterocycles. The predicted molar refractivity (Wildman–Crippen MR) is 163 cm³/mol. The number of carbonyl (C=O) groups excluding carboxylic acids is 3. The molecule has 7 N–H and O–H groups in total. The number of nitrogens with one attached hydrogen (secondary N) is 3. The molecule has 0 aromatic carbocycles. The summed E-state index contributed by atoms with van der Waals surface area (Å²) in [4.78, 5) is 37.4. The maximum absolute atomic E-state index is 13.0. The van der Waals surface area contributed by atoms with Gasteiger partial charge < -0.3 is 27.4 Å². The monoisotopic (exact) mass is 549 g/mol. The van der Waals surface area contributed by atoms with Crippen LogP contribution in [-0.2, 0) is 14.4 Å². The molecule has 226 valence electrons. The third-order valence-corrected chi connectivity index (χ3v) is 7.09. The highest BCUT2D eigenvalue weighted by Gasteiger charge is 2.27. The predicted octanol–water partition coefficient (Wildman–Crippen LogP) is 5.32. The standard InChI is InChI=1S/C31H59N5O3/c1-7-8-9-10-11-12-13-14-15-16-17-18-19-20-24(4)34-28(21-27(33)22-32)31(39)35-25(5)30(38)36-29(23(2)3)26(6)37/h22-23,25,28-29,34H,4,7-21,32-33H2,1-3,5-6H3,(H,35,39)(H,36,38)/b27-22-/t25-,28?,29?/m0/s1. The second-order valence-corrected chi connectivity index (χ2v) is 11.3. The summed E-state index contributed by atoms with van der Waals surface area (Å²) in [5, 5.41) is 8.63. The van der Waals surface area contributed by atoms with Crippen molar-refractivity contribution in [3.63, 3.8) is 0 Å². The van der Waals surface area contributed by atoms with Crippen LogP contribution in [0.15, 0.2) is 24.2 Å². The molecule has 0 fully saturated rings. The molecular formula is C31H59N5O3. The summed E-state index contributed by atoms with van der Waals surface area (Å²) in [6.07, 6.45) is 19.0. The quantitative estimate of drug-likeness (QED) is 0.103. The van der Waals surface area contributed by atoms with Crippen LogP contribution >= 0.6 is 0 Å². The second kappa shape index (κ2) is 22.3. The van der Waals surface area contributed by atoms with Gasteiger partial charge in [0.15, 0.2) is 5.78 Å². The number of amides is 2. The van der Waals surface area contributed by atoms with Gasteiger partial charge in [0.1, 0.15) is 12.1 Å². The molecule has 0 saturated carbocycles. The molecule has 0 aliphatic rings. The minimum atomic E-state index is -0.820. The molecule has 0 spiro atoms. The smallest absolute Gasteiger partial charge is 0.243 e. The fraction of sp³-hybridized carbons (Fsp3) is 0.774. The van der Waals surface area contributed by atoms with Crippen LogP contribution in [0.2, 0.25) is 0 Å². The lowest BCUT2D eigenvalue weighted by Crippen LogP contribution is -2.54. The van der Waals surface area contributed by atoms with Crippen LogP contribution in [0.5, 0.6) is 0 Å². The number of unbranched alkanes of at least 4 members (excludes halogenated alkanes) is 12. The first kappa shape index (κ1) is 36.5. The molecular weight excluding hydrogens is 490 g/mol. The summed E-state index contributed by atoms with van der Waals surface area (Å²) in [7, 11) is 0. The highest BCUT2D eigenvalue weighted by Crippen LogP contribution is 2.14. The van der Waals surface area contributed by atoms with E-state index in [0.29, 0.717) is 5.70 Å². The van der Waals surface area contributed by atoms with Crippen molar-refractivity contribution in [2.45, 2.75) is 149 Å². The van der Waals surface area contributed by atoms with Crippen LogP contribution in [0, 0.1) is 5.92 Å². The zero-order valence-corrected chi connectivity index (χ0v) is 25.6. The van der Waals surface area contributed by atoms with Gasteiger partial charge in [-0.15, -0.1) is 0 Å². The van der Waals surface area contributed by atoms with Crippen molar-refractivity contribution in [2.75, 3.05) is 0 Å². The van der Waals surface area contributed by atoms with Gasteiger partial charge in [-0.1, -0.05) is 104 Å². The van der Waals surface area contributed by atoms with Gasteiger partial charge in [0, 0.05) is 24.0 Å². The van der Waals surface area contributed by atoms with Gasteiger partial charge in [0.05, 0.1) is 6.04 Å². The molecule has 0 radical (unpaired) electrons. The summed E-state index contributed by atoms with van der Waals surface area (Å²) in [5.41, 5.74) is 12.6. The first-order chi connectivity index (χ1) is 18.5. The van der Waals surface area contributed by atoms with Crippen LogP contribution in [0.4, 0.5) is 0 Å². The van der Waals surface area contributed by atoms with Gasteiger partial charge in [-0.2, -0.15) is 0 Å². The fourth-order valence-electron chi connectivity index (χ4n) is 4.58. The minimum Gasteiger partial charge on any atom is -0.403 e. The van der Waals surface area contributed by atoms with Crippen molar-refractivity contribution in [3.05, 3.63) is 24.2 Å². The fourth-order valence-corrected chi connectivity index (χ4v) is 4.58. The SMILES string of the molecule is C=C(CCCCCCCCCCCCCCC)NC(C/C(N)=C/N)C(=O)N[C@@H](C)C(=O)NC(C(C)=O)C(C)C. The van der Waals surface area contributed by atoms with Gasteiger partial charge in [-0.05, 0) is 32.6 Å². The Morgan fingerprint density at radius 3 is 1.69 bits per heavy atom. The first-order valence-electron chi connectivity index (χ1n) is 15.2. The molecule has 0 aliphatic carbocycles. The van der Waals surface area contributed by atoms with Crippen molar-refractivity contribution >= 4 is 17.6 Å². The molecule has 8 heteroatoms. The Bertz CT molecular complexity index is 751. The number of carbonyl (C=O) groups is 3. The molecule has 8 nitrogen and oxygen atoms in total. The van der Waals surface area contributed by atoms with Crippen LogP contribution in [0.1, 0.15) is 131 Å². The van der Waals surface area contributed by atoms with Crippen LogP contribution in [0.3, 0.4) is 0 Å². The number of hydrogen-bond donors (Lipinski definition) is 5. The van der Waals surface area contributed by atoms with E-state index in [4.69, 9.17) is 11.5 Å². The summed E-state index contributed by atoms with van der Waals surface area (Å²) in [6, 6.07) is -2.12. The van der Waals surface area contributed by atoms with Crippen LogP contribution in [-0.4, -0.2) is 35.7 Å². The van der Waals surface area contributed by atoms with Gasteiger partial charge in [0.25, 0.3) is 0 Å². The topological polar surface area (TPSA) is 139 Å². The molecule has 0 saturated heterocycles. The Kier molecular flexibility index (Phi) is 20.9. The molecule has 2 unspecified atom stereocenters. The Hall–Kier alpha value is -2.51. The highest BCUT2D eigenvalue weighted by atomic mass is 16.2. The maximum atomic E-state index is 13.0. The number of nitrogens with two attached hydrogens (primary N) is 2. The van der Waals surface area contributed by atoms with E-state index in [1.165, 1.54) is 83.8 Å². The number of ketones is 1. The number of Topliss-reactive ketones (excluding diaryl/α,β-unsaturated/α-hetero) is 1. The lowest BCUT2D eigenvalue weighted by Gasteiger charge is -2.25. The van der Waals surface area contributed by atoms with E-state index in [9.17, 15) is 14.4 Å². The third-order valence-electron chi connectivity index (χ3n) is 7.09. The van der Waals surface area contributed by atoms with Crippen molar-refractivity contribution in [1.29, 1.82) is 0 Å². The van der Waals surface area contributed by atoms with Gasteiger partial charge in [-0.3, -0.25) is 14.4 Å². The van der Waals surface area contributed by atoms with Crippen LogP contribution < -0.4 is 27.4 Å². The van der Waals surface area contributed by atoms with E-state index in [2.05, 4.69) is 29.5 Å². The molecule has 0 aromatic heterocycles. The summed E-state index contributed by atoms with van der Waals surface area (Å²) < 4.78 is 0. The minimum absolute atomic E-state index is 0.0494. The Morgan fingerprint density at radius 2 is 1.26 bits per heavy atom. The zero-order chi connectivity index (χ0) is 29.6. The Balaban J connectivity index is 4.45. The lowest BCUT2D eigenvalue weighted by molar-refractivity contribution is -0.131. The van der Waals surface area contributed by atoms with Crippen molar-refractivity contribution in [2.24, 2.45) is 17.4 Å². The molecule has 39 heavy (non-hydrogen) atoms. The Labute approximate surface area is 238 Å². The van der Waals surface area contributed by atoms with Gasteiger partial charge in [-0.25, -0.2) is 0 Å². The van der Waals surface area contributed by atoms with Crippen molar-refractivity contribution in [1.82, 2.24) is 16.0 Å². The normalized spacial score (nSPS) is 13.9. The molecule has 0 aromatic rings. The van der Waals surface area contributed by atoms with E-state index < -0.39 is 24.0 Å². The maximum Gasteiger partial charge on any atom is 0.243 e. The number of allylic oxidation sites excluding steroid dienone is 1. The average molecular weight is 550 g/mol. The van der Waals surface area contributed by atoms with E-state index in [1.807, 2.05) is 13.8 Å². The molecule has 0 rings (SSSR count). The average Bonchev–Trinajstić information content (AvgIpc) is 2.88. The molecule has 2 amide bonds. The van der Waals surface area contributed by atoms with E-state index in [1.54, 1.807) is 6.92 Å². The van der Waals surface area contributed by atoms with E-state index in [0.717, 1.165) is 25.0 Å². The zero-order valence-electron chi connectivity index (χ0n) is 25.6.